The van der Waals surface area contributed by atoms with E-state index in [1.165, 1.54) is 6.07 Å². The molecule has 0 saturated heterocycles. The van der Waals surface area contributed by atoms with Crippen molar-refractivity contribution in [1.82, 2.24) is 0 Å². The number of aryl methyl sites for hydroxylation is 2. The van der Waals surface area contributed by atoms with E-state index in [4.69, 9.17) is 0 Å². The van der Waals surface area contributed by atoms with Crippen molar-refractivity contribution >= 4 is 15.9 Å². The second-order valence-electron chi connectivity index (χ2n) is 4.43. The molecule has 1 N–H and O–H groups in total. The Balaban J connectivity index is 2.49. The van der Waals surface area contributed by atoms with Gasteiger partial charge in [0.25, 0.3) is 0 Å². The fourth-order valence-electron chi connectivity index (χ4n) is 2.12. The summed E-state index contributed by atoms with van der Waals surface area (Å²) in [6, 6.07) is 10.6. The van der Waals surface area contributed by atoms with Crippen LogP contribution in [0.3, 0.4) is 0 Å². The molecule has 0 saturated carbocycles. The molecule has 3 heteroatoms. The normalized spacial score (nSPS) is 12.5. The number of halogens is 2. The zero-order valence-corrected chi connectivity index (χ0v) is 11.8. The first-order valence-electron chi connectivity index (χ1n) is 5.69. The number of hydrogen-bond donors (Lipinski definition) is 1. The summed E-state index contributed by atoms with van der Waals surface area (Å²) in [7, 11) is 0. The summed E-state index contributed by atoms with van der Waals surface area (Å²) in [5.74, 6) is -0.361. The van der Waals surface area contributed by atoms with Crippen molar-refractivity contribution in [3.8, 4) is 0 Å². The van der Waals surface area contributed by atoms with Crippen molar-refractivity contribution in [3.05, 3.63) is 68.9 Å². The zero-order chi connectivity index (χ0) is 13.3. The number of benzene rings is 2. The topological polar surface area (TPSA) is 20.2 Å². The summed E-state index contributed by atoms with van der Waals surface area (Å²) in [4.78, 5) is 0. The van der Waals surface area contributed by atoms with E-state index in [-0.39, 0.29) is 5.82 Å². The molecule has 0 aliphatic rings. The second kappa shape index (κ2) is 5.21. The van der Waals surface area contributed by atoms with Crippen LogP contribution in [0.2, 0.25) is 0 Å². The van der Waals surface area contributed by atoms with Crippen LogP contribution in [0.5, 0.6) is 0 Å². The van der Waals surface area contributed by atoms with Gasteiger partial charge in [-0.25, -0.2) is 4.39 Å². The Labute approximate surface area is 114 Å². The van der Waals surface area contributed by atoms with Gasteiger partial charge in [0.2, 0.25) is 0 Å². The lowest BCUT2D eigenvalue weighted by atomic mass is 9.95. The molecule has 0 radical (unpaired) electrons. The standard InChI is InChI=1S/C15H14BrFO/c1-9-6-10(2)14(13(17)7-9)15(18)11-4-3-5-12(16)8-11/h3-8,15,18H,1-2H3. The summed E-state index contributed by atoms with van der Waals surface area (Å²) in [5, 5.41) is 10.3. The second-order valence-corrected chi connectivity index (χ2v) is 5.35. The molecule has 94 valence electrons. The molecular weight excluding hydrogens is 295 g/mol. The van der Waals surface area contributed by atoms with Crippen LogP contribution in [-0.4, -0.2) is 5.11 Å². The van der Waals surface area contributed by atoms with Crippen LogP contribution in [0.4, 0.5) is 4.39 Å². The smallest absolute Gasteiger partial charge is 0.129 e. The summed E-state index contributed by atoms with van der Waals surface area (Å²) in [6.45, 7) is 3.65. The van der Waals surface area contributed by atoms with E-state index in [9.17, 15) is 9.50 Å². The Morgan fingerprint density at radius 3 is 2.50 bits per heavy atom. The van der Waals surface area contributed by atoms with E-state index >= 15 is 0 Å². The summed E-state index contributed by atoms with van der Waals surface area (Å²) in [6.07, 6.45) is -0.942. The summed E-state index contributed by atoms with van der Waals surface area (Å²) >= 11 is 3.35. The van der Waals surface area contributed by atoms with Gasteiger partial charge in [-0.2, -0.15) is 0 Å². The third-order valence-electron chi connectivity index (χ3n) is 2.92. The van der Waals surface area contributed by atoms with E-state index in [0.717, 1.165) is 15.6 Å². The van der Waals surface area contributed by atoms with Crippen LogP contribution >= 0.6 is 15.9 Å². The molecule has 0 bridgehead atoms. The highest BCUT2D eigenvalue weighted by Gasteiger charge is 2.18. The lowest BCUT2D eigenvalue weighted by Gasteiger charge is -2.16. The van der Waals surface area contributed by atoms with Gasteiger partial charge >= 0.3 is 0 Å². The minimum atomic E-state index is -0.942. The monoisotopic (exact) mass is 308 g/mol. The maximum absolute atomic E-state index is 14.0. The Bertz CT molecular complexity index is 557. The highest BCUT2D eigenvalue weighted by molar-refractivity contribution is 9.10. The molecule has 2 aromatic rings. The third-order valence-corrected chi connectivity index (χ3v) is 3.41. The van der Waals surface area contributed by atoms with Crippen LogP contribution < -0.4 is 0 Å². The molecule has 0 amide bonds. The van der Waals surface area contributed by atoms with E-state index in [1.807, 2.05) is 32.0 Å². The summed E-state index contributed by atoms with van der Waals surface area (Å²) < 4.78 is 14.8. The fraction of sp³-hybridized carbons (Fsp3) is 0.200. The molecule has 0 aliphatic carbocycles. The van der Waals surface area contributed by atoms with Crippen molar-refractivity contribution in [1.29, 1.82) is 0 Å². The molecule has 0 heterocycles. The highest BCUT2D eigenvalue weighted by atomic mass is 79.9. The van der Waals surface area contributed by atoms with Crippen LogP contribution in [0.1, 0.15) is 28.4 Å². The van der Waals surface area contributed by atoms with Gasteiger partial charge in [0.15, 0.2) is 0 Å². The Kier molecular flexibility index (Phi) is 3.83. The largest absolute Gasteiger partial charge is 0.384 e. The van der Waals surface area contributed by atoms with Gasteiger partial charge in [-0.3, -0.25) is 0 Å². The van der Waals surface area contributed by atoms with Gasteiger partial charge in [-0.05, 0) is 48.7 Å². The summed E-state index contributed by atoms with van der Waals surface area (Å²) in [5.41, 5.74) is 2.64. The van der Waals surface area contributed by atoms with Crippen LogP contribution in [0.15, 0.2) is 40.9 Å². The molecule has 0 aliphatic heterocycles. The number of aliphatic hydroxyl groups is 1. The first-order chi connectivity index (χ1) is 8.49. The predicted molar refractivity (Wildman–Crippen MR) is 74.1 cm³/mol. The molecule has 0 aromatic heterocycles. The Hall–Kier alpha value is -1.19. The number of hydrogen-bond acceptors (Lipinski definition) is 1. The molecule has 2 aromatic carbocycles. The minimum Gasteiger partial charge on any atom is -0.384 e. The predicted octanol–water partition coefficient (Wildman–Crippen LogP) is 4.29. The fourth-order valence-corrected chi connectivity index (χ4v) is 2.53. The first-order valence-corrected chi connectivity index (χ1v) is 6.48. The molecule has 2 rings (SSSR count). The molecule has 1 atom stereocenters. The van der Waals surface area contributed by atoms with Crippen molar-refractivity contribution in [2.75, 3.05) is 0 Å². The van der Waals surface area contributed by atoms with Crippen LogP contribution in [-0.2, 0) is 0 Å². The third kappa shape index (κ3) is 2.62. The molecule has 0 spiro atoms. The lowest BCUT2D eigenvalue weighted by Crippen LogP contribution is -2.05. The van der Waals surface area contributed by atoms with Crippen molar-refractivity contribution < 1.29 is 9.50 Å². The molecule has 18 heavy (non-hydrogen) atoms. The van der Waals surface area contributed by atoms with Gasteiger partial charge in [-0.15, -0.1) is 0 Å². The Morgan fingerprint density at radius 1 is 1.17 bits per heavy atom. The van der Waals surface area contributed by atoms with Crippen LogP contribution in [0, 0.1) is 19.7 Å². The number of rotatable bonds is 2. The van der Waals surface area contributed by atoms with E-state index in [1.54, 1.807) is 12.1 Å². The number of aliphatic hydroxyl groups excluding tert-OH is 1. The molecule has 1 unspecified atom stereocenters. The quantitative estimate of drug-likeness (QED) is 0.877. The van der Waals surface area contributed by atoms with Gasteiger partial charge in [-0.1, -0.05) is 34.1 Å². The van der Waals surface area contributed by atoms with Gasteiger partial charge in [0.05, 0.1) is 0 Å². The van der Waals surface area contributed by atoms with Gasteiger partial charge in [0.1, 0.15) is 11.9 Å². The SMILES string of the molecule is Cc1cc(C)c(C(O)c2cccc(Br)c2)c(F)c1. The molecular formula is C15H14BrFO. The lowest BCUT2D eigenvalue weighted by molar-refractivity contribution is 0.214. The Morgan fingerprint density at radius 2 is 1.89 bits per heavy atom. The van der Waals surface area contributed by atoms with E-state index in [0.29, 0.717) is 11.1 Å². The van der Waals surface area contributed by atoms with Gasteiger partial charge in [0, 0.05) is 10.0 Å². The maximum Gasteiger partial charge on any atom is 0.129 e. The minimum absolute atomic E-state index is 0.346. The van der Waals surface area contributed by atoms with Crippen molar-refractivity contribution in [2.45, 2.75) is 20.0 Å². The maximum atomic E-state index is 14.0. The first kappa shape index (κ1) is 13.2. The molecule has 1 nitrogen and oxygen atoms in total. The van der Waals surface area contributed by atoms with E-state index in [2.05, 4.69) is 15.9 Å². The highest BCUT2D eigenvalue weighted by Crippen LogP contribution is 2.29. The van der Waals surface area contributed by atoms with E-state index < -0.39 is 6.10 Å². The average Bonchev–Trinajstić information content (AvgIpc) is 2.27. The van der Waals surface area contributed by atoms with Crippen LogP contribution in [0.25, 0.3) is 0 Å². The zero-order valence-electron chi connectivity index (χ0n) is 10.2. The van der Waals surface area contributed by atoms with Crippen molar-refractivity contribution in [3.63, 3.8) is 0 Å². The van der Waals surface area contributed by atoms with Crippen molar-refractivity contribution in [2.24, 2.45) is 0 Å². The average molecular weight is 309 g/mol. The molecule has 0 fully saturated rings. The van der Waals surface area contributed by atoms with Gasteiger partial charge < -0.3 is 5.11 Å².